The van der Waals surface area contributed by atoms with E-state index in [1.54, 1.807) is 30.7 Å². The van der Waals surface area contributed by atoms with Crippen LogP contribution in [-0.2, 0) is 21.8 Å². The molecule has 1 fully saturated rings. The molecule has 1 aromatic carbocycles. The Balaban J connectivity index is 1.72. The molecule has 1 saturated heterocycles. The van der Waals surface area contributed by atoms with Crippen LogP contribution in [0.4, 0.5) is 5.69 Å². The van der Waals surface area contributed by atoms with Gasteiger partial charge in [0.15, 0.2) is 5.03 Å². The minimum absolute atomic E-state index is 0.0192. The van der Waals surface area contributed by atoms with Gasteiger partial charge < -0.3 is 9.30 Å². The number of hydrogen-bond donors (Lipinski definition) is 1. The summed E-state index contributed by atoms with van der Waals surface area (Å²) in [6.07, 6.45) is 1.53. The first-order valence-electron chi connectivity index (χ1n) is 8.35. The Morgan fingerprint density at radius 2 is 2.04 bits per heavy atom. The summed E-state index contributed by atoms with van der Waals surface area (Å²) in [4.78, 5) is 6.42. The fraction of sp³-hybridized carbons (Fsp3) is 0.471. The zero-order valence-electron chi connectivity index (χ0n) is 14.8. The lowest BCUT2D eigenvalue weighted by Crippen LogP contribution is -2.38. The van der Waals surface area contributed by atoms with E-state index in [-0.39, 0.29) is 11.1 Å². The van der Waals surface area contributed by atoms with Crippen LogP contribution in [0.2, 0.25) is 0 Å². The van der Waals surface area contributed by atoms with E-state index in [4.69, 9.17) is 4.74 Å². The molecule has 2 heterocycles. The fourth-order valence-electron chi connectivity index (χ4n) is 2.82. The second-order valence-electron chi connectivity index (χ2n) is 6.22. The maximum atomic E-state index is 12.4. The van der Waals surface area contributed by atoms with Crippen molar-refractivity contribution in [2.45, 2.75) is 25.0 Å². The zero-order valence-corrected chi connectivity index (χ0v) is 15.6. The number of sulfonamides is 1. The van der Waals surface area contributed by atoms with Crippen molar-refractivity contribution in [3.8, 4) is 0 Å². The molecule has 0 spiro atoms. The third kappa shape index (κ3) is 4.02. The van der Waals surface area contributed by atoms with Crippen LogP contribution in [0.1, 0.15) is 24.4 Å². The molecule has 0 bridgehead atoms. The van der Waals surface area contributed by atoms with Crippen molar-refractivity contribution < 1.29 is 13.2 Å². The summed E-state index contributed by atoms with van der Waals surface area (Å²) in [5, 5.41) is 0.0192. The Labute approximate surface area is 148 Å². The molecule has 25 heavy (non-hydrogen) atoms. The van der Waals surface area contributed by atoms with Gasteiger partial charge in [0.25, 0.3) is 10.0 Å². The number of morpholine rings is 1. The van der Waals surface area contributed by atoms with Crippen molar-refractivity contribution in [2.24, 2.45) is 7.05 Å². The first-order chi connectivity index (χ1) is 11.9. The number of benzene rings is 1. The molecule has 3 rings (SSSR count). The summed E-state index contributed by atoms with van der Waals surface area (Å²) in [6.45, 7) is 7.42. The number of nitrogens with zero attached hydrogens (tertiary/aromatic N) is 3. The van der Waals surface area contributed by atoms with Crippen LogP contribution in [0.5, 0.6) is 0 Å². The highest BCUT2D eigenvalue weighted by atomic mass is 32.2. The topological polar surface area (TPSA) is 76.5 Å². The van der Waals surface area contributed by atoms with Crippen molar-refractivity contribution in [2.75, 3.05) is 31.0 Å². The number of hydrogen-bond acceptors (Lipinski definition) is 5. The Morgan fingerprint density at radius 1 is 1.32 bits per heavy atom. The lowest BCUT2D eigenvalue weighted by atomic mass is 10.1. The van der Waals surface area contributed by atoms with E-state index in [0.29, 0.717) is 18.1 Å². The van der Waals surface area contributed by atoms with E-state index in [2.05, 4.69) is 21.5 Å². The molecule has 2 aromatic rings. The summed E-state index contributed by atoms with van der Waals surface area (Å²) >= 11 is 0. The Bertz CT molecular complexity index is 811. The van der Waals surface area contributed by atoms with Crippen molar-refractivity contribution >= 4 is 15.7 Å². The molecule has 8 heteroatoms. The van der Waals surface area contributed by atoms with E-state index < -0.39 is 10.0 Å². The monoisotopic (exact) mass is 364 g/mol. The number of likely N-dealkylation sites (N-methyl/N-ethyl adjacent to an activating group) is 1. The molecule has 1 aliphatic heterocycles. The molecule has 0 radical (unpaired) electrons. The quantitative estimate of drug-likeness (QED) is 0.877. The van der Waals surface area contributed by atoms with E-state index in [1.165, 1.54) is 6.20 Å². The van der Waals surface area contributed by atoms with Gasteiger partial charge in [-0.3, -0.25) is 9.62 Å². The van der Waals surface area contributed by atoms with Gasteiger partial charge in [-0.1, -0.05) is 19.1 Å². The van der Waals surface area contributed by atoms with Gasteiger partial charge in [0.1, 0.15) is 5.82 Å². The van der Waals surface area contributed by atoms with Crippen LogP contribution in [0.3, 0.4) is 0 Å². The molecule has 1 aliphatic rings. The molecule has 7 nitrogen and oxygen atoms in total. The first kappa shape index (κ1) is 17.9. The van der Waals surface area contributed by atoms with Gasteiger partial charge in [-0.15, -0.1) is 0 Å². The summed E-state index contributed by atoms with van der Waals surface area (Å²) in [6, 6.07) is 7.34. The summed E-state index contributed by atoms with van der Waals surface area (Å²) in [7, 11) is -1.92. The van der Waals surface area contributed by atoms with Crippen molar-refractivity contribution in [3.05, 3.63) is 41.9 Å². The SMILES string of the molecule is CCN1CCOC(c2ccc(NS(=O)(=O)c3cn(C)c(C)n3)cc2)C1. The van der Waals surface area contributed by atoms with Crippen LogP contribution < -0.4 is 4.72 Å². The third-order valence-electron chi connectivity index (χ3n) is 4.49. The lowest BCUT2D eigenvalue weighted by molar-refractivity contribution is -0.0281. The van der Waals surface area contributed by atoms with Gasteiger partial charge in [0.05, 0.1) is 12.7 Å². The number of ether oxygens (including phenoxy) is 1. The largest absolute Gasteiger partial charge is 0.371 e. The average Bonchev–Trinajstić information content (AvgIpc) is 2.95. The van der Waals surface area contributed by atoms with Gasteiger partial charge in [-0.2, -0.15) is 8.42 Å². The number of anilines is 1. The first-order valence-corrected chi connectivity index (χ1v) is 9.84. The average molecular weight is 364 g/mol. The molecular weight excluding hydrogens is 340 g/mol. The van der Waals surface area contributed by atoms with Crippen molar-refractivity contribution in [3.63, 3.8) is 0 Å². The molecule has 0 saturated carbocycles. The molecule has 1 unspecified atom stereocenters. The van der Waals surface area contributed by atoms with E-state index >= 15 is 0 Å². The lowest BCUT2D eigenvalue weighted by Gasteiger charge is -2.32. The number of aromatic nitrogens is 2. The van der Waals surface area contributed by atoms with E-state index in [0.717, 1.165) is 25.2 Å². The van der Waals surface area contributed by atoms with Crippen LogP contribution in [-0.4, -0.2) is 49.1 Å². The predicted molar refractivity (Wildman–Crippen MR) is 96.0 cm³/mol. The van der Waals surface area contributed by atoms with E-state index in [9.17, 15) is 8.42 Å². The Kier molecular flexibility index (Phi) is 5.12. The van der Waals surface area contributed by atoms with Crippen LogP contribution in [0, 0.1) is 6.92 Å². The van der Waals surface area contributed by atoms with Gasteiger partial charge in [-0.05, 0) is 31.2 Å². The second-order valence-corrected chi connectivity index (χ2v) is 7.85. The molecule has 1 N–H and O–H groups in total. The van der Waals surface area contributed by atoms with Crippen molar-refractivity contribution in [1.29, 1.82) is 0 Å². The minimum Gasteiger partial charge on any atom is -0.371 e. The summed E-state index contributed by atoms with van der Waals surface area (Å²) in [5.74, 6) is 0.644. The Hall–Kier alpha value is -1.90. The maximum absolute atomic E-state index is 12.4. The smallest absolute Gasteiger partial charge is 0.280 e. The molecular formula is C17H24N4O3S. The van der Waals surface area contributed by atoms with Gasteiger partial charge in [0.2, 0.25) is 0 Å². The standard InChI is InChI=1S/C17H24N4O3S/c1-4-21-9-10-24-16(11-21)14-5-7-15(8-6-14)19-25(22,23)17-12-20(3)13(2)18-17/h5-8,12,16,19H,4,9-11H2,1-3H3. The van der Waals surface area contributed by atoms with Crippen LogP contribution in [0.25, 0.3) is 0 Å². The van der Waals surface area contributed by atoms with Crippen LogP contribution in [0.15, 0.2) is 35.5 Å². The number of aryl methyl sites for hydroxylation is 2. The normalized spacial score (nSPS) is 19.1. The van der Waals surface area contributed by atoms with Gasteiger partial charge >= 0.3 is 0 Å². The van der Waals surface area contributed by atoms with Gasteiger partial charge in [0, 0.05) is 32.0 Å². The minimum atomic E-state index is -3.69. The molecule has 136 valence electrons. The van der Waals surface area contributed by atoms with E-state index in [1.807, 2.05) is 12.1 Å². The summed E-state index contributed by atoms with van der Waals surface area (Å²) < 4.78 is 34.9. The predicted octanol–water partition coefficient (Wildman–Crippen LogP) is 1.92. The second kappa shape index (κ2) is 7.15. The highest BCUT2D eigenvalue weighted by Crippen LogP contribution is 2.24. The number of nitrogens with one attached hydrogen (secondary N) is 1. The zero-order chi connectivity index (χ0) is 18.0. The van der Waals surface area contributed by atoms with Gasteiger partial charge in [-0.25, -0.2) is 4.98 Å². The number of imidazole rings is 1. The summed E-state index contributed by atoms with van der Waals surface area (Å²) in [5.41, 5.74) is 1.56. The number of rotatable bonds is 5. The molecule has 1 aromatic heterocycles. The van der Waals surface area contributed by atoms with Crippen molar-refractivity contribution in [1.82, 2.24) is 14.5 Å². The third-order valence-corrected chi connectivity index (χ3v) is 5.75. The highest BCUT2D eigenvalue weighted by Gasteiger charge is 2.22. The fourth-order valence-corrected chi connectivity index (χ4v) is 3.92. The maximum Gasteiger partial charge on any atom is 0.280 e. The molecule has 1 atom stereocenters. The molecule has 0 amide bonds. The Morgan fingerprint density at radius 3 is 2.64 bits per heavy atom. The molecule has 0 aliphatic carbocycles. The highest BCUT2D eigenvalue weighted by molar-refractivity contribution is 7.92. The van der Waals surface area contributed by atoms with Crippen LogP contribution >= 0.6 is 0 Å².